The molecule has 1 aliphatic heterocycles. The van der Waals surface area contributed by atoms with Gasteiger partial charge in [0.1, 0.15) is 0 Å². The van der Waals surface area contributed by atoms with E-state index in [9.17, 15) is 9.59 Å². The number of esters is 1. The van der Waals surface area contributed by atoms with Crippen LogP contribution in [0.5, 0.6) is 11.5 Å². The zero-order valence-electron chi connectivity index (χ0n) is 15.4. The van der Waals surface area contributed by atoms with Gasteiger partial charge >= 0.3 is 5.97 Å². The maximum Gasteiger partial charge on any atom is 0.338 e. The van der Waals surface area contributed by atoms with Crippen LogP contribution in [-0.2, 0) is 23.0 Å². The summed E-state index contributed by atoms with van der Waals surface area (Å²) in [5.74, 6) is 0.704. The van der Waals surface area contributed by atoms with Crippen molar-refractivity contribution in [2.24, 2.45) is 12.0 Å². The fourth-order valence-corrected chi connectivity index (χ4v) is 4.03. The van der Waals surface area contributed by atoms with Gasteiger partial charge in [0.05, 0.1) is 28.8 Å². The quantitative estimate of drug-likeness (QED) is 0.632. The molecule has 1 amide bonds. The first-order valence-corrected chi connectivity index (χ1v) is 9.59. The van der Waals surface area contributed by atoms with Gasteiger partial charge in [-0.15, -0.1) is 0 Å². The van der Waals surface area contributed by atoms with Gasteiger partial charge in [0, 0.05) is 7.05 Å². The van der Waals surface area contributed by atoms with E-state index < -0.39 is 0 Å². The van der Waals surface area contributed by atoms with Crippen LogP contribution in [-0.4, -0.2) is 29.8 Å². The Morgan fingerprint density at radius 2 is 2.00 bits per heavy atom. The molecule has 0 N–H and O–H groups in total. The molecule has 7 nitrogen and oxygen atoms in total. The summed E-state index contributed by atoms with van der Waals surface area (Å²) < 4.78 is 18.4. The van der Waals surface area contributed by atoms with Crippen molar-refractivity contribution in [3.8, 4) is 11.5 Å². The standard InChI is InChI=1S/C20H18N2O5S/c1-3-25-19(24)13-5-6-14-17(10-13)28-20(22(14)2)21-18(23)9-12-4-7-15-16(8-12)27-11-26-15/h4-8,10H,3,9,11H2,1-2H3. The first-order chi connectivity index (χ1) is 13.5. The van der Waals surface area contributed by atoms with Crippen molar-refractivity contribution in [2.75, 3.05) is 13.4 Å². The number of amides is 1. The van der Waals surface area contributed by atoms with Crippen LogP contribution >= 0.6 is 11.3 Å². The molecule has 2 heterocycles. The Bertz CT molecular complexity index is 1150. The second kappa shape index (κ2) is 7.47. The molecule has 28 heavy (non-hydrogen) atoms. The second-order valence-electron chi connectivity index (χ2n) is 6.22. The lowest BCUT2D eigenvalue weighted by molar-refractivity contribution is -0.117. The Hall–Kier alpha value is -3.13. The summed E-state index contributed by atoms with van der Waals surface area (Å²) in [6, 6.07) is 10.7. The van der Waals surface area contributed by atoms with Crippen LogP contribution in [0.15, 0.2) is 41.4 Å². The molecule has 0 spiro atoms. The molecule has 1 aliphatic rings. The fraction of sp³-hybridized carbons (Fsp3) is 0.250. The number of thiazole rings is 1. The predicted octanol–water partition coefficient (Wildman–Crippen LogP) is 2.82. The van der Waals surface area contributed by atoms with E-state index in [1.807, 2.05) is 23.7 Å². The Morgan fingerprint density at radius 1 is 1.18 bits per heavy atom. The summed E-state index contributed by atoms with van der Waals surface area (Å²) in [6.45, 7) is 2.29. The highest BCUT2D eigenvalue weighted by Gasteiger charge is 2.15. The molecule has 1 aromatic heterocycles. The van der Waals surface area contributed by atoms with E-state index in [4.69, 9.17) is 14.2 Å². The van der Waals surface area contributed by atoms with Gasteiger partial charge in [-0.05, 0) is 42.8 Å². The third kappa shape index (κ3) is 3.50. The molecule has 3 aromatic rings. The maximum absolute atomic E-state index is 12.5. The Balaban J connectivity index is 1.60. The minimum absolute atomic E-state index is 0.166. The molecule has 0 saturated heterocycles. The van der Waals surface area contributed by atoms with Gasteiger partial charge < -0.3 is 18.8 Å². The number of rotatable bonds is 4. The van der Waals surface area contributed by atoms with Crippen LogP contribution in [0.1, 0.15) is 22.8 Å². The van der Waals surface area contributed by atoms with Crippen molar-refractivity contribution in [1.82, 2.24) is 4.57 Å². The lowest BCUT2D eigenvalue weighted by Gasteiger charge is -2.01. The summed E-state index contributed by atoms with van der Waals surface area (Å²) in [5, 5.41) is 0. The zero-order chi connectivity index (χ0) is 19.7. The number of aryl methyl sites for hydroxylation is 1. The van der Waals surface area contributed by atoms with Gasteiger partial charge in [0.2, 0.25) is 6.79 Å². The molecular weight excluding hydrogens is 380 g/mol. The number of hydrogen-bond donors (Lipinski definition) is 0. The molecule has 0 atom stereocenters. The van der Waals surface area contributed by atoms with Gasteiger partial charge in [-0.25, -0.2) is 4.79 Å². The summed E-state index contributed by atoms with van der Waals surface area (Å²) in [5.41, 5.74) is 2.19. The van der Waals surface area contributed by atoms with Crippen LogP contribution < -0.4 is 14.3 Å². The molecule has 0 unspecified atom stereocenters. The molecule has 144 valence electrons. The third-order valence-electron chi connectivity index (χ3n) is 4.33. The number of fused-ring (bicyclic) bond motifs is 2. The van der Waals surface area contributed by atoms with Crippen molar-refractivity contribution in [3.63, 3.8) is 0 Å². The average Bonchev–Trinajstić information content (AvgIpc) is 3.26. The number of hydrogen-bond acceptors (Lipinski definition) is 6. The normalized spacial score (nSPS) is 13.1. The van der Waals surface area contributed by atoms with Crippen LogP contribution in [0.25, 0.3) is 10.2 Å². The van der Waals surface area contributed by atoms with Gasteiger partial charge in [-0.2, -0.15) is 4.99 Å². The minimum atomic E-state index is -0.363. The van der Waals surface area contributed by atoms with Crippen molar-refractivity contribution >= 4 is 33.4 Å². The van der Waals surface area contributed by atoms with Crippen molar-refractivity contribution in [1.29, 1.82) is 0 Å². The number of ether oxygens (including phenoxy) is 3. The van der Waals surface area contributed by atoms with E-state index in [0.29, 0.717) is 28.5 Å². The maximum atomic E-state index is 12.5. The Kier molecular flexibility index (Phi) is 4.87. The number of carbonyl (C=O) groups is 2. The summed E-state index contributed by atoms with van der Waals surface area (Å²) >= 11 is 1.36. The topological polar surface area (TPSA) is 79.1 Å². The highest BCUT2D eigenvalue weighted by Crippen LogP contribution is 2.32. The monoisotopic (exact) mass is 398 g/mol. The molecular formula is C20H18N2O5S. The van der Waals surface area contributed by atoms with E-state index in [2.05, 4.69) is 4.99 Å². The van der Waals surface area contributed by atoms with Gasteiger partial charge in [0.15, 0.2) is 16.3 Å². The van der Waals surface area contributed by atoms with Gasteiger partial charge in [-0.1, -0.05) is 17.4 Å². The highest BCUT2D eigenvalue weighted by molar-refractivity contribution is 7.16. The largest absolute Gasteiger partial charge is 0.462 e. The van der Waals surface area contributed by atoms with Gasteiger partial charge in [0.25, 0.3) is 5.91 Å². The predicted molar refractivity (Wildman–Crippen MR) is 104 cm³/mol. The molecule has 8 heteroatoms. The van der Waals surface area contributed by atoms with Crippen molar-refractivity contribution < 1.29 is 23.8 Å². The van der Waals surface area contributed by atoms with E-state index in [1.54, 1.807) is 31.2 Å². The first kappa shape index (κ1) is 18.2. The average molecular weight is 398 g/mol. The van der Waals surface area contributed by atoms with Crippen LogP contribution in [0.4, 0.5) is 0 Å². The number of aromatic nitrogens is 1. The van der Waals surface area contributed by atoms with Crippen molar-refractivity contribution in [3.05, 3.63) is 52.3 Å². The second-order valence-corrected chi connectivity index (χ2v) is 7.23. The number of carbonyl (C=O) groups excluding carboxylic acids is 2. The van der Waals surface area contributed by atoms with Crippen LogP contribution in [0.3, 0.4) is 0 Å². The Morgan fingerprint density at radius 3 is 2.82 bits per heavy atom. The summed E-state index contributed by atoms with van der Waals surface area (Å²) in [7, 11) is 1.84. The lowest BCUT2D eigenvalue weighted by Crippen LogP contribution is -2.14. The summed E-state index contributed by atoms with van der Waals surface area (Å²) in [4.78, 5) is 29.2. The molecule has 0 aliphatic carbocycles. The number of benzene rings is 2. The Labute approximate surface area is 164 Å². The van der Waals surface area contributed by atoms with Crippen molar-refractivity contribution in [2.45, 2.75) is 13.3 Å². The molecule has 0 bridgehead atoms. The molecule has 0 radical (unpaired) electrons. The molecule has 0 fully saturated rings. The van der Waals surface area contributed by atoms with E-state index in [-0.39, 0.29) is 25.1 Å². The minimum Gasteiger partial charge on any atom is -0.462 e. The summed E-state index contributed by atoms with van der Waals surface area (Å²) in [6.07, 6.45) is 0.166. The molecule has 4 rings (SSSR count). The zero-order valence-corrected chi connectivity index (χ0v) is 16.2. The fourth-order valence-electron chi connectivity index (χ4n) is 2.95. The highest BCUT2D eigenvalue weighted by atomic mass is 32.1. The van der Waals surface area contributed by atoms with E-state index in [0.717, 1.165) is 15.8 Å². The first-order valence-electron chi connectivity index (χ1n) is 8.78. The SMILES string of the molecule is CCOC(=O)c1ccc2c(c1)sc(=NC(=O)Cc1ccc3c(c1)OCO3)n2C. The van der Waals surface area contributed by atoms with Crippen LogP contribution in [0.2, 0.25) is 0 Å². The van der Waals surface area contributed by atoms with Gasteiger partial charge in [-0.3, -0.25) is 4.79 Å². The molecule has 0 saturated carbocycles. The van der Waals surface area contributed by atoms with Crippen LogP contribution in [0, 0.1) is 0 Å². The smallest absolute Gasteiger partial charge is 0.338 e. The molecule has 2 aromatic carbocycles. The van der Waals surface area contributed by atoms with E-state index in [1.165, 1.54) is 11.3 Å². The lowest BCUT2D eigenvalue weighted by atomic mass is 10.1. The van der Waals surface area contributed by atoms with E-state index >= 15 is 0 Å². The third-order valence-corrected chi connectivity index (χ3v) is 5.43. The number of nitrogens with zero attached hydrogens (tertiary/aromatic N) is 2.